The number of carbonyl (C=O) groups excluding carboxylic acids is 2. The summed E-state index contributed by atoms with van der Waals surface area (Å²) in [6, 6.07) is 13.1. The van der Waals surface area contributed by atoms with Gasteiger partial charge in [-0.3, -0.25) is 4.79 Å². The zero-order valence-corrected chi connectivity index (χ0v) is 17.0. The summed E-state index contributed by atoms with van der Waals surface area (Å²) in [6.45, 7) is 3.58. The fourth-order valence-electron chi connectivity index (χ4n) is 3.48. The standard InChI is InChI=1S/C23H25NO5/c1-15-13-18-7-5-6-8-19(18)24(15)23(26)16(2)29-22(25)12-10-17-9-11-20(27-3)21(14-17)28-4/h5-12,14-16H,13H2,1-4H3/b12-10+/t15-,16+/m1/s1. The van der Waals surface area contributed by atoms with Crippen LogP contribution in [0.3, 0.4) is 0 Å². The predicted octanol–water partition coefficient (Wildman–Crippen LogP) is 3.63. The molecule has 6 heteroatoms. The molecule has 0 unspecified atom stereocenters. The van der Waals surface area contributed by atoms with Gasteiger partial charge in [-0.05, 0) is 55.7 Å². The molecule has 2 aromatic rings. The van der Waals surface area contributed by atoms with Crippen LogP contribution >= 0.6 is 0 Å². The second-order valence-electron chi connectivity index (χ2n) is 6.92. The largest absolute Gasteiger partial charge is 0.493 e. The van der Waals surface area contributed by atoms with Gasteiger partial charge in [0.05, 0.1) is 14.2 Å². The Labute approximate surface area is 170 Å². The van der Waals surface area contributed by atoms with E-state index in [1.165, 1.54) is 6.08 Å². The number of carbonyl (C=O) groups is 2. The summed E-state index contributed by atoms with van der Waals surface area (Å²) >= 11 is 0. The Hall–Kier alpha value is -3.28. The van der Waals surface area contributed by atoms with E-state index in [0.717, 1.165) is 23.2 Å². The molecule has 0 saturated heterocycles. The zero-order chi connectivity index (χ0) is 21.0. The highest BCUT2D eigenvalue weighted by Crippen LogP contribution is 2.32. The van der Waals surface area contributed by atoms with E-state index in [9.17, 15) is 9.59 Å². The van der Waals surface area contributed by atoms with E-state index in [-0.39, 0.29) is 11.9 Å². The summed E-state index contributed by atoms with van der Waals surface area (Å²) in [6.07, 6.45) is 2.81. The van der Waals surface area contributed by atoms with Crippen molar-refractivity contribution in [1.29, 1.82) is 0 Å². The predicted molar refractivity (Wildman–Crippen MR) is 111 cm³/mol. The molecule has 0 saturated carbocycles. The third kappa shape index (κ3) is 4.42. The number of fused-ring (bicyclic) bond motifs is 1. The molecule has 0 spiro atoms. The number of esters is 1. The lowest BCUT2D eigenvalue weighted by Gasteiger charge is -2.25. The fourth-order valence-corrected chi connectivity index (χ4v) is 3.48. The van der Waals surface area contributed by atoms with Gasteiger partial charge in [-0.1, -0.05) is 24.3 Å². The molecule has 1 aliphatic heterocycles. The van der Waals surface area contributed by atoms with Crippen molar-refractivity contribution in [3.8, 4) is 11.5 Å². The molecular formula is C23H25NO5. The van der Waals surface area contributed by atoms with Crippen LogP contribution in [0, 0.1) is 0 Å². The monoisotopic (exact) mass is 395 g/mol. The average molecular weight is 395 g/mol. The highest BCUT2D eigenvalue weighted by Gasteiger charge is 2.34. The molecule has 0 bridgehead atoms. The van der Waals surface area contributed by atoms with Crippen molar-refractivity contribution in [3.05, 3.63) is 59.7 Å². The lowest BCUT2D eigenvalue weighted by Crippen LogP contribution is -2.43. The number of hydrogen-bond acceptors (Lipinski definition) is 5. The van der Waals surface area contributed by atoms with Gasteiger partial charge in [-0.25, -0.2) is 4.79 Å². The summed E-state index contributed by atoms with van der Waals surface area (Å²) < 4.78 is 15.8. The van der Waals surface area contributed by atoms with Crippen molar-refractivity contribution in [2.75, 3.05) is 19.1 Å². The lowest BCUT2D eigenvalue weighted by atomic mass is 10.1. The van der Waals surface area contributed by atoms with Gasteiger partial charge in [-0.2, -0.15) is 0 Å². The first kappa shape index (κ1) is 20.5. The fraction of sp³-hybridized carbons (Fsp3) is 0.304. The summed E-state index contributed by atoms with van der Waals surface area (Å²) in [7, 11) is 3.10. The van der Waals surface area contributed by atoms with Crippen molar-refractivity contribution >= 4 is 23.6 Å². The number of hydrogen-bond donors (Lipinski definition) is 0. The van der Waals surface area contributed by atoms with E-state index in [1.54, 1.807) is 50.3 Å². The number of methoxy groups -OCH3 is 2. The molecule has 29 heavy (non-hydrogen) atoms. The number of amides is 1. The van der Waals surface area contributed by atoms with Crippen molar-refractivity contribution in [3.63, 3.8) is 0 Å². The van der Waals surface area contributed by atoms with Gasteiger partial charge in [0, 0.05) is 17.8 Å². The average Bonchev–Trinajstić information content (AvgIpc) is 3.06. The number of rotatable bonds is 6. The van der Waals surface area contributed by atoms with Crippen LogP contribution in [0.1, 0.15) is 25.0 Å². The van der Waals surface area contributed by atoms with Crippen LogP contribution in [-0.2, 0) is 20.7 Å². The number of ether oxygens (including phenoxy) is 3. The van der Waals surface area contributed by atoms with Crippen molar-refractivity contribution in [2.45, 2.75) is 32.4 Å². The van der Waals surface area contributed by atoms with Gasteiger partial charge in [0.2, 0.25) is 0 Å². The third-order valence-electron chi connectivity index (χ3n) is 4.90. The van der Waals surface area contributed by atoms with E-state index in [4.69, 9.17) is 14.2 Å². The first-order chi connectivity index (χ1) is 13.9. The first-order valence-corrected chi connectivity index (χ1v) is 9.46. The van der Waals surface area contributed by atoms with Crippen LogP contribution in [0.5, 0.6) is 11.5 Å². The Bertz CT molecular complexity index is 937. The molecule has 152 valence electrons. The van der Waals surface area contributed by atoms with Crippen LogP contribution in [0.2, 0.25) is 0 Å². The van der Waals surface area contributed by atoms with E-state index >= 15 is 0 Å². The summed E-state index contributed by atoms with van der Waals surface area (Å²) in [5.41, 5.74) is 2.76. The second-order valence-corrected chi connectivity index (χ2v) is 6.92. The van der Waals surface area contributed by atoms with E-state index in [2.05, 4.69) is 0 Å². The Balaban J connectivity index is 1.65. The van der Waals surface area contributed by atoms with Gasteiger partial charge in [-0.15, -0.1) is 0 Å². The second kappa shape index (κ2) is 8.82. The molecule has 0 fully saturated rings. The molecule has 0 aliphatic carbocycles. The van der Waals surface area contributed by atoms with Crippen LogP contribution in [0.15, 0.2) is 48.5 Å². The van der Waals surface area contributed by atoms with Crippen LogP contribution in [0.25, 0.3) is 6.08 Å². The quantitative estimate of drug-likeness (QED) is 0.552. The third-order valence-corrected chi connectivity index (χ3v) is 4.90. The maximum Gasteiger partial charge on any atom is 0.331 e. The van der Waals surface area contributed by atoms with E-state index < -0.39 is 12.1 Å². The Morgan fingerprint density at radius 1 is 1.10 bits per heavy atom. The van der Waals surface area contributed by atoms with Gasteiger partial charge in [0.25, 0.3) is 5.91 Å². The highest BCUT2D eigenvalue weighted by atomic mass is 16.5. The highest BCUT2D eigenvalue weighted by molar-refractivity contribution is 6.00. The molecule has 2 aromatic carbocycles. The van der Waals surface area contributed by atoms with E-state index in [0.29, 0.717) is 11.5 Å². The minimum atomic E-state index is -0.883. The number of benzene rings is 2. The lowest BCUT2D eigenvalue weighted by molar-refractivity contribution is -0.149. The zero-order valence-electron chi connectivity index (χ0n) is 17.0. The van der Waals surface area contributed by atoms with Crippen LogP contribution in [0.4, 0.5) is 5.69 Å². The topological polar surface area (TPSA) is 65.1 Å². The molecular weight excluding hydrogens is 370 g/mol. The molecule has 1 amide bonds. The molecule has 2 atom stereocenters. The summed E-state index contributed by atoms with van der Waals surface area (Å²) in [5.74, 6) is 0.357. The van der Waals surface area contributed by atoms with Crippen molar-refractivity contribution < 1.29 is 23.8 Å². The van der Waals surface area contributed by atoms with Crippen molar-refractivity contribution in [1.82, 2.24) is 0 Å². The Morgan fingerprint density at radius 2 is 1.83 bits per heavy atom. The number of anilines is 1. The van der Waals surface area contributed by atoms with Gasteiger partial charge in [0.15, 0.2) is 17.6 Å². The summed E-state index contributed by atoms with van der Waals surface area (Å²) in [4.78, 5) is 26.8. The summed E-state index contributed by atoms with van der Waals surface area (Å²) in [5, 5.41) is 0. The molecule has 3 rings (SSSR count). The van der Waals surface area contributed by atoms with Crippen LogP contribution < -0.4 is 14.4 Å². The molecule has 0 radical (unpaired) electrons. The number of nitrogens with zero attached hydrogens (tertiary/aromatic N) is 1. The molecule has 1 aliphatic rings. The Morgan fingerprint density at radius 3 is 2.55 bits per heavy atom. The molecule has 0 N–H and O–H groups in total. The molecule has 0 aromatic heterocycles. The minimum absolute atomic E-state index is 0.0309. The van der Waals surface area contributed by atoms with Gasteiger partial charge >= 0.3 is 5.97 Å². The first-order valence-electron chi connectivity index (χ1n) is 9.46. The normalized spacial score (nSPS) is 16.4. The van der Waals surface area contributed by atoms with Gasteiger partial charge in [0.1, 0.15) is 0 Å². The van der Waals surface area contributed by atoms with Gasteiger partial charge < -0.3 is 19.1 Å². The maximum absolute atomic E-state index is 12.9. The SMILES string of the molecule is COc1ccc(/C=C/C(=O)O[C@@H](C)C(=O)N2c3ccccc3C[C@H]2C)cc1OC. The number of para-hydroxylation sites is 1. The minimum Gasteiger partial charge on any atom is -0.493 e. The Kier molecular flexibility index (Phi) is 6.22. The van der Waals surface area contributed by atoms with Crippen LogP contribution in [-0.4, -0.2) is 38.2 Å². The molecule has 6 nitrogen and oxygen atoms in total. The van der Waals surface area contributed by atoms with E-state index in [1.807, 2.05) is 31.2 Å². The smallest absolute Gasteiger partial charge is 0.331 e. The molecule has 1 heterocycles. The van der Waals surface area contributed by atoms with Crippen molar-refractivity contribution in [2.24, 2.45) is 0 Å². The maximum atomic E-state index is 12.9.